The van der Waals surface area contributed by atoms with E-state index >= 15 is 0 Å². The van der Waals surface area contributed by atoms with Crippen molar-refractivity contribution in [3.63, 3.8) is 0 Å². The Morgan fingerprint density at radius 1 is 1.17 bits per heavy atom. The summed E-state index contributed by atoms with van der Waals surface area (Å²) in [5.74, 6) is 0.0641. The maximum absolute atomic E-state index is 11.3. The van der Waals surface area contributed by atoms with Crippen LogP contribution in [0.2, 0.25) is 0 Å². The molecule has 1 heterocycles. The quantitative estimate of drug-likeness (QED) is 0.843. The van der Waals surface area contributed by atoms with Crippen molar-refractivity contribution in [3.05, 3.63) is 53.6 Å². The number of benzene rings is 2. The van der Waals surface area contributed by atoms with Gasteiger partial charge in [-0.05, 0) is 34.4 Å². The molecule has 2 aromatic rings. The molecule has 1 aliphatic rings. The molecule has 2 aromatic carbocycles. The summed E-state index contributed by atoms with van der Waals surface area (Å²) in [6.45, 7) is 0.518. The number of nitrogens with two attached hydrogens (primary N) is 1. The number of fused-ring (bicyclic) bond motifs is 1. The maximum Gasteiger partial charge on any atom is 0.228 e. The van der Waals surface area contributed by atoms with Crippen molar-refractivity contribution in [2.75, 3.05) is 5.32 Å². The first kappa shape index (κ1) is 11.0. The van der Waals surface area contributed by atoms with Crippen molar-refractivity contribution in [1.29, 1.82) is 0 Å². The molecule has 0 radical (unpaired) electrons. The zero-order valence-electron chi connectivity index (χ0n) is 9.94. The van der Waals surface area contributed by atoms with E-state index in [2.05, 4.69) is 17.4 Å². The Bertz CT molecular complexity index is 620. The van der Waals surface area contributed by atoms with Crippen LogP contribution in [0.5, 0.6) is 0 Å². The topological polar surface area (TPSA) is 55.1 Å². The highest BCUT2D eigenvalue weighted by Crippen LogP contribution is 2.30. The Labute approximate surface area is 106 Å². The van der Waals surface area contributed by atoms with E-state index in [1.807, 2.05) is 30.3 Å². The Morgan fingerprint density at radius 2 is 2.00 bits per heavy atom. The molecule has 1 amide bonds. The molecule has 3 N–H and O–H groups in total. The van der Waals surface area contributed by atoms with Crippen LogP contribution in [0.1, 0.15) is 11.1 Å². The zero-order valence-corrected chi connectivity index (χ0v) is 9.94. The van der Waals surface area contributed by atoms with Gasteiger partial charge in [-0.2, -0.15) is 0 Å². The van der Waals surface area contributed by atoms with Crippen molar-refractivity contribution in [2.45, 2.75) is 13.0 Å². The monoisotopic (exact) mass is 238 g/mol. The fraction of sp³-hybridized carbons (Fsp3) is 0.133. The Hall–Kier alpha value is -2.13. The third-order valence-corrected chi connectivity index (χ3v) is 3.28. The molecular weight excluding hydrogens is 224 g/mol. The van der Waals surface area contributed by atoms with Gasteiger partial charge in [0.25, 0.3) is 0 Å². The third-order valence-electron chi connectivity index (χ3n) is 3.28. The number of nitrogens with one attached hydrogen (secondary N) is 1. The molecule has 0 aliphatic carbocycles. The predicted octanol–water partition coefficient (Wildman–Crippen LogP) is 2.31. The smallest absolute Gasteiger partial charge is 0.228 e. The van der Waals surface area contributed by atoms with E-state index in [1.54, 1.807) is 0 Å². The lowest BCUT2D eigenvalue weighted by Gasteiger charge is -2.09. The molecule has 0 saturated heterocycles. The van der Waals surface area contributed by atoms with E-state index < -0.39 is 0 Å². The van der Waals surface area contributed by atoms with E-state index in [0.717, 1.165) is 27.9 Å². The first-order valence-electron chi connectivity index (χ1n) is 5.99. The van der Waals surface area contributed by atoms with E-state index in [1.165, 1.54) is 0 Å². The second kappa shape index (κ2) is 4.27. The molecule has 3 nitrogen and oxygen atoms in total. The van der Waals surface area contributed by atoms with Gasteiger partial charge in [0.2, 0.25) is 5.91 Å². The first-order chi connectivity index (χ1) is 8.78. The molecule has 0 aromatic heterocycles. The van der Waals surface area contributed by atoms with Crippen LogP contribution in [0.25, 0.3) is 11.1 Å². The fourth-order valence-corrected chi connectivity index (χ4v) is 2.38. The molecule has 0 atom stereocenters. The Morgan fingerprint density at radius 3 is 2.83 bits per heavy atom. The van der Waals surface area contributed by atoms with Crippen LogP contribution in [0.15, 0.2) is 42.5 Å². The normalized spacial score (nSPS) is 13.3. The minimum Gasteiger partial charge on any atom is -0.326 e. The van der Waals surface area contributed by atoms with Crippen molar-refractivity contribution >= 4 is 11.6 Å². The highest BCUT2D eigenvalue weighted by Gasteiger charge is 2.18. The summed E-state index contributed by atoms with van der Waals surface area (Å²) in [4.78, 5) is 11.3. The van der Waals surface area contributed by atoms with Crippen molar-refractivity contribution in [1.82, 2.24) is 0 Å². The largest absolute Gasteiger partial charge is 0.326 e. The lowest BCUT2D eigenvalue weighted by Crippen LogP contribution is -2.03. The first-order valence-corrected chi connectivity index (χ1v) is 5.99. The summed E-state index contributed by atoms with van der Waals surface area (Å²) < 4.78 is 0. The average Bonchev–Trinajstić information content (AvgIpc) is 2.77. The molecule has 0 unspecified atom stereocenters. The van der Waals surface area contributed by atoms with Gasteiger partial charge in [-0.25, -0.2) is 0 Å². The second-order valence-electron chi connectivity index (χ2n) is 4.46. The van der Waals surface area contributed by atoms with Crippen LogP contribution in [-0.2, 0) is 17.8 Å². The standard InChI is InChI=1S/C15H14N2O/c16-9-11-3-1-2-4-13(11)10-5-6-14-12(7-10)8-15(18)17-14/h1-7H,8-9,16H2,(H,17,18). The summed E-state index contributed by atoms with van der Waals surface area (Å²) in [7, 11) is 0. The van der Waals surface area contributed by atoms with Gasteiger partial charge in [0, 0.05) is 12.2 Å². The number of carbonyl (C=O) groups is 1. The number of carbonyl (C=O) groups excluding carboxylic acids is 1. The highest BCUT2D eigenvalue weighted by atomic mass is 16.1. The lowest BCUT2D eigenvalue weighted by atomic mass is 9.97. The van der Waals surface area contributed by atoms with Crippen LogP contribution in [-0.4, -0.2) is 5.91 Å². The predicted molar refractivity (Wildman–Crippen MR) is 72.1 cm³/mol. The molecule has 3 rings (SSSR count). The van der Waals surface area contributed by atoms with Crippen LogP contribution >= 0.6 is 0 Å². The molecule has 3 heteroatoms. The van der Waals surface area contributed by atoms with Gasteiger partial charge >= 0.3 is 0 Å². The van der Waals surface area contributed by atoms with Gasteiger partial charge in [0.1, 0.15) is 0 Å². The van der Waals surface area contributed by atoms with Gasteiger partial charge in [-0.3, -0.25) is 4.79 Å². The third kappa shape index (κ3) is 1.79. The molecule has 90 valence electrons. The van der Waals surface area contributed by atoms with Gasteiger partial charge in [-0.1, -0.05) is 30.3 Å². The number of rotatable bonds is 2. The fourth-order valence-electron chi connectivity index (χ4n) is 2.38. The molecule has 0 bridgehead atoms. The average molecular weight is 238 g/mol. The number of hydrogen-bond acceptors (Lipinski definition) is 2. The van der Waals surface area contributed by atoms with E-state index in [9.17, 15) is 4.79 Å². The SMILES string of the molecule is NCc1ccccc1-c1ccc2c(c1)CC(=O)N2. The van der Waals surface area contributed by atoms with E-state index in [4.69, 9.17) is 5.73 Å². The molecule has 18 heavy (non-hydrogen) atoms. The van der Waals surface area contributed by atoms with E-state index in [-0.39, 0.29) is 5.91 Å². The van der Waals surface area contributed by atoms with Gasteiger partial charge < -0.3 is 11.1 Å². The Kier molecular flexibility index (Phi) is 2.61. The highest BCUT2D eigenvalue weighted by molar-refractivity contribution is 5.99. The summed E-state index contributed by atoms with van der Waals surface area (Å²) in [6, 6.07) is 14.2. The lowest BCUT2D eigenvalue weighted by molar-refractivity contribution is -0.115. The van der Waals surface area contributed by atoms with Crippen LogP contribution < -0.4 is 11.1 Å². The van der Waals surface area contributed by atoms with Gasteiger partial charge in [-0.15, -0.1) is 0 Å². The summed E-state index contributed by atoms with van der Waals surface area (Å²) in [5, 5.41) is 2.84. The summed E-state index contributed by atoms with van der Waals surface area (Å²) in [5.41, 5.74) is 11.1. The summed E-state index contributed by atoms with van der Waals surface area (Å²) >= 11 is 0. The number of hydrogen-bond donors (Lipinski definition) is 2. The van der Waals surface area contributed by atoms with Crippen molar-refractivity contribution in [3.8, 4) is 11.1 Å². The maximum atomic E-state index is 11.3. The Balaban J connectivity index is 2.08. The molecule has 0 spiro atoms. The second-order valence-corrected chi connectivity index (χ2v) is 4.46. The molecule has 0 fully saturated rings. The molecule has 0 saturated carbocycles. The van der Waals surface area contributed by atoms with Crippen molar-refractivity contribution < 1.29 is 4.79 Å². The number of anilines is 1. The minimum absolute atomic E-state index is 0.0641. The molecule has 1 aliphatic heterocycles. The van der Waals surface area contributed by atoms with Crippen LogP contribution in [0, 0.1) is 0 Å². The van der Waals surface area contributed by atoms with Gasteiger partial charge in [0.05, 0.1) is 6.42 Å². The number of amides is 1. The zero-order chi connectivity index (χ0) is 12.5. The summed E-state index contributed by atoms with van der Waals surface area (Å²) in [6.07, 6.45) is 0.466. The van der Waals surface area contributed by atoms with Crippen molar-refractivity contribution in [2.24, 2.45) is 5.73 Å². The molecular formula is C15H14N2O. The van der Waals surface area contributed by atoms with Crippen LogP contribution in [0.3, 0.4) is 0 Å². The van der Waals surface area contributed by atoms with Gasteiger partial charge in [0.15, 0.2) is 0 Å². The minimum atomic E-state index is 0.0641. The van der Waals surface area contributed by atoms with E-state index in [0.29, 0.717) is 13.0 Å². The van der Waals surface area contributed by atoms with Crippen LogP contribution in [0.4, 0.5) is 5.69 Å².